The second kappa shape index (κ2) is 9.60. The Morgan fingerprint density at radius 2 is 2.00 bits per heavy atom. The molecule has 2 nitrogen and oxygen atoms in total. The molecule has 0 fully saturated rings. The van der Waals surface area contributed by atoms with Crippen molar-refractivity contribution in [3.05, 3.63) is 83.4 Å². The van der Waals surface area contributed by atoms with Crippen molar-refractivity contribution < 1.29 is 9.47 Å². The summed E-state index contributed by atoms with van der Waals surface area (Å²) in [6.45, 7) is 0.609. The molecule has 0 bridgehead atoms. The van der Waals surface area contributed by atoms with Crippen LogP contribution in [0.2, 0.25) is 0 Å². The van der Waals surface area contributed by atoms with Gasteiger partial charge in [0.1, 0.15) is 11.5 Å². The molecular formula is C21H22ClIO2. The van der Waals surface area contributed by atoms with Crippen LogP contribution >= 0.6 is 34.2 Å². The molecule has 25 heavy (non-hydrogen) atoms. The summed E-state index contributed by atoms with van der Waals surface area (Å²) in [7, 11) is 0. The molecule has 2 aliphatic carbocycles. The molecular weight excluding hydrogens is 447 g/mol. The maximum atomic E-state index is 6.47. The Bertz CT molecular complexity index is 691. The molecule has 4 heteroatoms. The fourth-order valence-corrected chi connectivity index (χ4v) is 3.80. The van der Waals surface area contributed by atoms with Crippen LogP contribution in [0.1, 0.15) is 24.8 Å². The third-order valence-corrected chi connectivity index (χ3v) is 5.18. The van der Waals surface area contributed by atoms with Gasteiger partial charge >= 0.3 is 0 Å². The van der Waals surface area contributed by atoms with E-state index in [1.807, 2.05) is 30.4 Å². The number of halogens is 2. The van der Waals surface area contributed by atoms with E-state index in [1.165, 1.54) is 11.1 Å². The molecule has 1 aromatic carbocycles. The zero-order chi connectivity index (χ0) is 17.5. The first kappa shape index (κ1) is 18.7. The molecule has 0 saturated heterocycles. The van der Waals surface area contributed by atoms with Crippen LogP contribution in [0.3, 0.4) is 0 Å². The molecule has 132 valence electrons. The number of hydrogen-bond acceptors (Lipinski definition) is 2. The third kappa shape index (κ3) is 5.73. The van der Waals surface area contributed by atoms with Gasteiger partial charge in [-0.05, 0) is 36.6 Å². The lowest BCUT2D eigenvalue weighted by atomic mass is 10.0. The van der Waals surface area contributed by atoms with Crippen LogP contribution in [0.15, 0.2) is 77.8 Å². The predicted octanol–water partition coefficient (Wildman–Crippen LogP) is 6.08. The molecule has 0 N–H and O–H groups in total. The average molecular weight is 469 g/mol. The van der Waals surface area contributed by atoms with Crippen molar-refractivity contribution in [3.8, 4) is 0 Å². The zero-order valence-electron chi connectivity index (χ0n) is 14.0. The van der Waals surface area contributed by atoms with Gasteiger partial charge < -0.3 is 9.47 Å². The van der Waals surface area contributed by atoms with Crippen LogP contribution in [0.5, 0.6) is 0 Å². The minimum Gasteiger partial charge on any atom is -0.462 e. The van der Waals surface area contributed by atoms with Crippen LogP contribution in [-0.2, 0) is 16.1 Å². The molecule has 0 saturated carbocycles. The first-order valence-electron chi connectivity index (χ1n) is 8.56. The number of allylic oxidation sites excluding steroid dienone is 5. The van der Waals surface area contributed by atoms with Crippen molar-refractivity contribution in [2.45, 2.75) is 37.4 Å². The molecule has 3 rings (SSSR count). The highest BCUT2D eigenvalue weighted by Gasteiger charge is 2.19. The maximum absolute atomic E-state index is 6.47. The first-order valence-corrected chi connectivity index (χ1v) is 10.5. The molecule has 1 aromatic rings. The zero-order valence-corrected chi connectivity index (χ0v) is 16.9. The second-order valence-corrected chi connectivity index (χ2v) is 7.74. The van der Waals surface area contributed by atoms with Crippen molar-refractivity contribution in [1.29, 1.82) is 0 Å². The van der Waals surface area contributed by atoms with Crippen LogP contribution < -0.4 is 0 Å². The van der Waals surface area contributed by atoms with Crippen LogP contribution in [0.4, 0.5) is 0 Å². The molecule has 0 heterocycles. The van der Waals surface area contributed by atoms with Crippen LogP contribution in [0, 0.1) is 0 Å². The smallest absolute Gasteiger partial charge is 0.125 e. The van der Waals surface area contributed by atoms with Crippen LogP contribution in [0.25, 0.3) is 0 Å². The van der Waals surface area contributed by atoms with Crippen LogP contribution in [-0.4, -0.2) is 15.9 Å². The van der Waals surface area contributed by atoms with Crippen molar-refractivity contribution >= 4 is 34.2 Å². The topological polar surface area (TPSA) is 18.5 Å². The fourth-order valence-electron chi connectivity index (χ4n) is 2.84. The molecule has 2 aliphatic rings. The standard InChI is InChI=1S/C21H22ClIO2/c22-21-14-20(10-9-17(21)11-12-23)25-19-8-4-7-18(13-19)24-15-16-5-2-1-3-6-16/h1-6,8-10,13,18,21H,7,11-12,14-15H2. The van der Waals surface area contributed by atoms with E-state index in [0.29, 0.717) is 6.61 Å². The first-order chi connectivity index (χ1) is 12.2. The predicted molar refractivity (Wildman–Crippen MR) is 112 cm³/mol. The number of rotatable bonds is 7. The van der Waals surface area contributed by atoms with E-state index in [-0.39, 0.29) is 11.5 Å². The van der Waals surface area contributed by atoms with Crippen molar-refractivity contribution in [3.63, 3.8) is 0 Å². The van der Waals surface area contributed by atoms with Gasteiger partial charge in [0.2, 0.25) is 0 Å². The Hall–Kier alpha value is -1.04. The van der Waals surface area contributed by atoms with Gasteiger partial charge in [-0.1, -0.05) is 70.6 Å². The normalized spacial score (nSPS) is 22.9. The number of ether oxygens (including phenoxy) is 2. The molecule has 0 aromatic heterocycles. The van der Waals surface area contributed by atoms with Crippen molar-refractivity contribution in [1.82, 2.24) is 0 Å². The number of alkyl halides is 2. The molecule has 2 atom stereocenters. The Morgan fingerprint density at radius 1 is 1.16 bits per heavy atom. The molecule has 0 radical (unpaired) electrons. The number of benzene rings is 1. The molecule has 0 aliphatic heterocycles. The summed E-state index contributed by atoms with van der Waals surface area (Å²) in [5.74, 6) is 1.75. The molecule has 0 amide bonds. The summed E-state index contributed by atoms with van der Waals surface area (Å²) >= 11 is 8.85. The van der Waals surface area contributed by atoms with E-state index in [4.69, 9.17) is 21.1 Å². The van der Waals surface area contributed by atoms with E-state index in [9.17, 15) is 0 Å². The second-order valence-electron chi connectivity index (χ2n) is 6.13. The van der Waals surface area contributed by atoms with E-state index < -0.39 is 0 Å². The summed E-state index contributed by atoms with van der Waals surface area (Å²) in [5, 5.41) is 0.0352. The van der Waals surface area contributed by atoms with Crippen molar-refractivity contribution in [2.24, 2.45) is 0 Å². The Balaban J connectivity index is 1.57. The Kier molecular flexibility index (Phi) is 7.20. The summed E-state index contributed by atoms with van der Waals surface area (Å²) in [4.78, 5) is 0. The Labute approximate surface area is 168 Å². The molecule has 0 spiro atoms. The van der Waals surface area contributed by atoms with E-state index >= 15 is 0 Å². The van der Waals surface area contributed by atoms with Gasteiger partial charge in [0.15, 0.2) is 0 Å². The SMILES string of the molecule is ClC1CC(OC2=CC(OCc3ccccc3)CC=C2)=CC=C1CCI. The summed E-state index contributed by atoms with van der Waals surface area (Å²) < 4.78 is 13.1. The monoisotopic (exact) mass is 468 g/mol. The summed E-state index contributed by atoms with van der Waals surface area (Å²) in [6.07, 6.45) is 13.0. The Morgan fingerprint density at radius 3 is 2.76 bits per heavy atom. The number of hydrogen-bond donors (Lipinski definition) is 0. The maximum Gasteiger partial charge on any atom is 0.125 e. The van der Waals surface area contributed by atoms with E-state index in [0.717, 1.165) is 35.2 Å². The summed E-state index contributed by atoms with van der Waals surface area (Å²) in [6, 6.07) is 10.2. The lowest BCUT2D eigenvalue weighted by molar-refractivity contribution is 0.0700. The van der Waals surface area contributed by atoms with Gasteiger partial charge in [-0.15, -0.1) is 11.6 Å². The van der Waals surface area contributed by atoms with Gasteiger partial charge in [-0.2, -0.15) is 0 Å². The highest BCUT2D eigenvalue weighted by molar-refractivity contribution is 14.1. The fraction of sp³-hybridized carbons (Fsp3) is 0.333. The lowest BCUT2D eigenvalue weighted by Gasteiger charge is -2.22. The lowest BCUT2D eigenvalue weighted by Crippen LogP contribution is -2.14. The van der Waals surface area contributed by atoms with Gasteiger partial charge in [-0.25, -0.2) is 0 Å². The van der Waals surface area contributed by atoms with Gasteiger partial charge in [0, 0.05) is 10.8 Å². The van der Waals surface area contributed by atoms with E-state index in [1.54, 1.807) is 0 Å². The third-order valence-electron chi connectivity index (χ3n) is 4.21. The molecule has 2 unspecified atom stereocenters. The summed E-state index contributed by atoms with van der Waals surface area (Å²) in [5.41, 5.74) is 2.47. The minimum absolute atomic E-state index is 0.0352. The highest BCUT2D eigenvalue weighted by Crippen LogP contribution is 2.29. The van der Waals surface area contributed by atoms with Crippen molar-refractivity contribution in [2.75, 3.05) is 4.43 Å². The van der Waals surface area contributed by atoms with Gasteiger partial charge in [0.05, 0.1) is 18.1 Å². The quantitative estimate of drug-likeness (QED) is 0.357. The largest absolute Gasteiger partial charge is 0.462 e. The average Bonchev–Trinajstić information content (AvgIpc) is 2.64. The van der Waals surface area contributed by atoms with Gasteiger partial charge in [0.25, 0.3) is 0 Å². The highest BCUT2D eigenvalue weighted by atomic mass is 127. The minimum atomic E-state index is 0.0352. The van der Waals surface area contributed by atoms with E-state index in [2.05, 4.69) is 53.0 Å². The van der Waals surface area contributed by atoms with Gasteiger partial charge in [-0.3, -0.25) is 0 Å².